The summed E-state index contributed by atoms with van der Waals surface area (Å²) in [6.45, 7) is 0. The van der Waals surface area contributed by atoms with E-state index in [9.17, 15) is 0 Å². The molecule has 262 valence electrons. The Kier molecular flexibility index (Phi) is 7.53. The Morgan fingerprint density at radius 1 is 0.286 bits per heavy atom. The molecule has 11 aromatic rings. The molecule has 0 amide bonds. The SMILES string of the molecule is c1cc(-c2ccc(-c3ccc4c(ccc5ccccc54)c3)cc2)cc(N(c2cccc(-c3ccc4ccccc4c3)c2)c2cccc3oc4ccccc4c23)c1. The van der Waals surface area contributed by atoms with E-state index in [1.165, 1.54) is 54.6 Å². The molecule has 0 atom stereocenters. The van der Waals surface area contributed by atoms with Crippen LogP contribution < -0.4 is 4.90 Å². The highest BCUT2D eigenvalue weighted by Gasteiger charge is 2.20. The fraction of sp³-hybridized carbons (Fsp3) is 0. The molecule has 0 unspecified atom stereocenters. The predicted molar refractivity (Wildman–Crippen MR) is 237 cm³/mol. The number of anilines is 3. The molecular formula is C54H35NO. The van der Waals surface area contributed by atoms with Crippen molar-refractivity contribution in [3.8, 4) is 33.4 Å². The Hall–Kier alpha value is -7.42. The van der Waals surface area contributed by atoms with Gasteiger partial charge < -0.3 is 9.32 Å². The zero-order chi connectivity index (χ0) is 37.0. The zero-order valence-corrected chi connectivity index (χ0v) is 30.6. The molecule has 0 bridgehead atoms. The molecule has 0 aliphatic rings. The molecule has 1 heterocycles. The Labute approximate surface area is 325 Å². The van der Waals surface area contributed by atoms with E-state index in [-0.39, 0.29) is 0 Å². The fourth-order valence-electron chi connectivity index (χ4n) is 8.44. The molecule has 1 aromatic heterocycles. The van der Waals surface area contributed by atoms with E-state index >= 15 is 0 Å². The van der Waals surface area contributed by atoms with Crippen molar-refractivity contribution in [3.63, 3.8) is 0 Å². The van der Waals surface area contributed by atoms with Crippen molar-refractivity contribution in [3.05, 3.63) is 212 Å². The van der Waals surface area contributed by atoms with Crippen LogP contribution in [0.5, 0.6) is 0 Å². The number of para-hydroxylation sites is 1. The first kappa shape index (κ1) is 32.0. The van der Waals surface area contributed by atoms with Crippen molar-refractivity contribution >= 4 is 71.3 Å². The minimum Gasteiger partial charge on any atom is -0.456 e. The highest BCUT2D eigenvalue weighted by Crippen LogP contribution is 2.44. The van der Waals surface area contributed by atoms with E-state index in [1.54, 1.807) is 0 Å². The number of rotatable bonds is 6. The summed E-state index contributed by atoms with van der Waals surface area (Å²) < 4.78 is 6.41. The van der Waals surface area contributed by atoms with Gasteiger partial charge in [-0.05, 0) is 120 Å². The molecule has 11 rings (SSSR count). The summed E-state index contributed by atoms with van der Waals surface area (Å²) in [5.74, 6) is 0. The number of nitrogens with zero attached hydrogens (tertiary/aromatic N) is 1. The van der Waals surface area contributed by atoms with Gasteiger partial charge in [0.2, 0.25) is 0 Å². The van der Waals surface area contributed by atoms with Crippen LogP contribution in [0.4, 0.5) is 17.1 Å². The number of furan rings is 1. The second-order valence-electron chi connectivity index (χ2n) is 14.5. The van der Waals surface area contributed by atoms with Crippen LogP contribution in [0.2, 0.25) is 0 Å². The largest absolute Gasteiger partial charge is 0.456 e. The summed E-state index contributed by atoms with van der Waals surface area (Å²) in [5.41, 5.74) is 12.0. The van der Waals surface area contributed by atoms with E-state index in [0.717, 1.165) is 50.1 Å². The van der Waals surface area contributed by atoms with Gasteiger partial charge in [-0.3, -0.25) is 0 Å². The molecule has 0 fully saturated rings. The van der Waals surface area contributed by atoms with Crippen LogP contribution in [-0.4, -0.2) is 0 Å². The molecule has 0 aliphatic carbocycles. The van der Waals surface area contributed by atoms with Crippen molar-refractivity contribution in [2.45, 2.75) is 0 Å². The first-order chi connectivity index (χ1) is 27.7. The Balaban J connectivity index is 1.01. The highest BCUT2D eigenvalue weighted by molar-refractivity contribution is 6.13. The number of hydrogen-bond donors (Lipinski definition) is 0. The van der Waals surface area contributed by atoms with Crippen LogP contribution in [0.15, 0.2) is 217 Å². The lowest BCUT2D eigenvalue weighted by Gasteiger charge is -2.27. The van der Waals surface area contributed by atoms with Gasteiger partial charge in [0.1, 0.15) is 11.2 Å². The lowest BCUT2D eigenvalue weighted by molar-refractivity contribution is 0.669. The number of hydrogen-bond acceptors (Lipinski definition) is 2. The van der Waals surface area contributed by atoms with Gasteiger partial charge in [-0.1, -0.05) is 158 Å². The van der Waals surface area contributed by atoms with Crippen LogP contribution in [0.25, 0.3) is 87.6 Å². The van der Waals surface area contributed by atoms with Crippen LogP contribution >= 0.6 is 0 Å². The minimum atomic E-state index is 0.869. The molecule has 0 aliphatic heterocycles. The third-order valence-corrected chi connectivity index (χ3v) is 11.2. The molecule has 0 N–H and O–H groups in total. The minimum absolute atomic E-state index is 0.869. The first-order valence-corrected chi connectivity index (χ1v) is 19.2. The highest BCUT2D eigenvalue weighted by atomic mass is 16.3. The lowest BCUT2D eigenvalue weighted by atomic mass is 9.96. The zero-order valence-electron chi connectivity index (χ0n) is 30.6. The smallest absolute Gasteiger partial charge is 0.137 e. The van der Waals surface area contributed by atoms with Gasteiger partial charge in [0.05, 0.1) is 11.1 Å². The van der Waals surface area contributed by atoms with E-state index in [1.807, 2.05) is 12.1 Å². The van der Waals surface area contributed by atoms with E-state index in [0.29, 0.717) is 0 Å². The van der Waals surface area contributed by atoms with Crippen molar-refractivity contribution < 1.29 is 4.42 Å². The van der Waals surface area contributed by atoms with Gasteiger partial charge in [-0.25, -0.2) is 0 Å². The Morgan fingerprint density at radius 2 is 0.786 bits per heavy atom. The van der Waals surface area contributed by atoms with Crippen molar-refractivity contribution in [2.75, 3.05) is 4.90 Å². The predicted octanol–water partition coefficient (Wildman–Crippen LogP) is 15.5. The van der Waals surface area contributed by atoms with Crippen LogP contribution in [0.3, 0.4) is 0 Å². The molecular weight excluding hydrogens is 679 g/mol. The van der Waals surface area contributed by atoms with Gasteiger partial charge in [0.25, 0.3) is 0 Å². The molecule has 0 saturated carbocycles. The van der Waals surface area contributed by atoms with Crippen molar-refractivity contribution in [1.29, 1.82) is 0 Å². The van der Waals surface area contributed by atoms with Crippen molar-refractivity contribution in [2.24, 2.45) is 0 Å². The van der Waals surface area contributed by atoms with Gasteiger partial charge in [0.15, 0.2) is 0 Å². The van der Waals surface area contributed by atoms with Crippen LogP contribution in [0.1, 0.15) is 0 Å². The van der Waals surface area contributed by atoms with E-state index in [4.69, 9.17) is 4.42 Å². The van der Waals surface area contributed by atoms with E-state index in [2.05, 4.69) is 205 Å². The lowest BCUT2D eigenvalue weighted by Crippen LogP contribution is -2.10. The maximum Gasteiger partial charge on any atom is 0.137 e. The third kappa shape index (κ3) is 5.51. The standard InChI is InChI=1S/C54H35NO/c1-2-12-40-32-44(28-26-36(40)10-1)42-14-8-16-47(35-42)55(51-19-9-21-53-54(51)50-18-5-6-20-52(50)56-53)46-15-7-13-41(34-46)37-22-24-38(25-23-37)43-30-31-49-45(33-43)29-27-39-11-3-4-17-48(39)49/h1-35H. The summed E-state index contributed by atoms with van der Waals surface area (Å²) in [6.07, 6.45) is 0. The average Bonchev–Trinajstić information content (AvgIpc) is 3.66. The molecule has 56 heavy (non-hydrogen) atoms. The maximum absolute atomic E-state index is 6.41. The Bertz CT molecular complexity index is 3260. The van der Waals surface area contributed by atoms with Crippen LogP contribution in [0, 0.1) is 0 Å². The van der Waals surface area contributed by atoms with Gasteiger partial charge in [-0.15, -0.1) is 0 Å². The topological polar surface area (TPSA) is 16.4 Å². The normalized spacial score (nSPS) is 11.6. The molecule has 2 heteroatoms. The Morgan fingerprint density at radius 3 is 1.57 bits per heavy atom. The first-order valence-electron chi connectivity index (χ1n) is 19.2. The molecule has 0 spiro atoms. The molecule has 2 nitrogen and oxygen atoms in total. The summed E-state index contributed by atoms with van der Waals surface area (Å²) in [6, 6.07) is 76.6. The number of benzene rings is 10. The van der Waals surface area contributed by atoms with Gasteiger partial charge in [-0.2, -0.15) is 0 Å². The van der Waals surface area contributed by atoms with E-state index < -0.39 is 0 Å². The van der Waals surface area contributed by atoms with Gasteiger partial charge >= 0.3 is 0 Å². The maximum atomic E-state index is 6.41. The summed E-state index contributed by atoms with van der Waals surface area (Å²) in [7, 11) is 0. The average molecular weight is 714 g/mol. The van der Waals surface area contributed by atoms with Crippen LogP contribution in [-0.2, 0) is 0 Å². The summed E-state index contributed by atoms with van der Waals surface area (Å²) in [4.78, 5) is 2.38. The summed E-state index contributed by atoms with van der Waals surface area (Å²) >= 11 is 0. The second-order valence-corrected chi connectivity index (χ2v) is 14.5. The number of fused-ring (bicyclic) bond motifs is 7. The van der Waals surface area contributed by atoms with Crippen molar-refractivity contribution in [1.82, 2.24) is 0 Å². The molecule has 0 radical (unpaired) electrons. The summed E-state index contributed by atoms with van der Waals surface area (Å²) in [5, 5.41) is 9.76. The monoisotopic (exact) mass is 713 g/mol. The van der Waals surface area contributed by atoms with Gasteiger partial charge in [0, 0.05) is 16.8 Å². The molecule has 0 saturated heterocycles. The third-order valence-electron chi connectivity index (χ3n) is 11.2. The second kappa shape index (κ2) is 13.2. The molecule has 10 aromatic carbocycles. The quantitative estimate of drug-likeness (QED) is 0.160. The fourth-order valence-corrected chi connectivity index (χ4v) is 8.44.